The third-order valence-electron chi connectivity index (χ3n) is 2.69. The number of hydrogen-bond acceptors (Lipinski definition) is 0. The molecule has 0 aliphatic heterocycles. The fraction of sp³-hybridized carbons (Fsp3) is 0.400. The molecule has 1 radical (unpaired) electrons. The average molecular weight is 255 g/mol. The summed E-state index contributed by atoms with van der Waals surface area (Å²) in [5.41, 5.74) is 0.826. The minimum Gasteiger partial charge on any atom is -0.166 e. The Hall–Kier alpha value is -1.25. The molecule has 0 saturated carbocycles. The zero-order chi connectivity index (χ0) is 13.6. The van der Waals surface area contributed by atoms with Gasteiger partial charge in [0.05, 0.1) is 5.56 Å². The highest BCUT2D eigenvalue weighted by molar-refractivity contribution is 5.54. The van der Waals surface area contributed by atoms with Crippen LogP contribution in [0.1, 0.15) is 43.7 Å². The Morgan fingerprint density at radius 1 is 1.28 bits per heavy atom. The molecule has 0 bridgehead atoms. The lowest BCUT2D eigenvalue weighted by Gasteiger charge is -2.07. The maximum atomic E-state index is 12.5. The SMILES string of the molecule is [CH2]/C(=C\c1cccc(C(F)(F)F)c1)CCCCC. The number of hydrogen-bond donors (Lipinski definition) is 0. The van der Waals surface area contributed by atoms with Gasteiger partial charge in [-0.3, -0.25) is 0 Å². The summed E-state index contributed by atoms with van der Waals surface area (Å²) in [5, 5.41) is 0. The van der Waals surface area contributed by atoms with E-state index in [4.69, 9.17) is 0 Å². The van der Waals surface area contributed by atoms with E-state index in [2.05, 4.69) is 13.8 Å². The Balaban J connectivity index is 2.75. The highest BCUT2D eigenvalue weighted by Gasteiger charge is 2.30. The minimum absolute atomic E-state index is 0.561. The van der Waals surface area contributed by atoms with Crippen molar-refractivity contribution in [2.45, 2.75) is 38.8 Å². The largest absolute Gasteiger partial charge is 0.416 e. The molecule has 0 atom stereocenters. The summed E-state index contributed by atoms with van der Waals surface area (Å²) in [7, 11) is 0. The quantitative estimate of drug-likeness (QED) is 0.609. The van der Waals surface area contributed by atoms with Crippen LogP contribution in [0.4, 0.5) is 13.2 Å². The summed E-state index contributed by atoms with van der Waals surface area (Å²) in [5.74, 6) is 0. The van der Waals surface area contributed by atoms with Gasteiger partial charge in [-0.05, 0) is 37.5 Å². The van der Waals surface area contributed by atoms with Crippen LogP contribution >= 0.6 is 0 Å². The first-order valence-corrected chi connectivity index (χ1v) is 6.13. The van der Waals surface area contributed by atoms with E-state index in [1.807, 2.05) is 0 Å². The lowest BCUT2D eigenvalue weighted by Crippen LogP contribution is -2.04. The molecule has 0 aromatic heterocycles. The molecular formula is C15H18F3. The molecule has 0 aliphatic carbocycles. The lowest BCUT2D eigenvalue weighted by molar-refractivity contribution is -0.137. The van der Waals surface area contributed by atoms with Gasteiger partial charge in [0.15, 0.2) is 0 Å². The molecule has 0 nitrogen and oxygen atoms in total. The third kappa shape index (κ3) is 4.94. The summed E-state index contributed by atoms with van der Waals surface area (Å²) >= 11 is 0. The van der Waals surface area contributed by atoms with Crippen molar-refractivity contribution < 1.29 is 13.2 Å². The van der Waals surface area contributed by atoms with Gasteiger partial charge >= 0.3 is 6.18 Å². The van der Waals surface area contributed by atoms with Gasteiger partial charge in [0.2, 0.25) is 0 Å². The van der Waals surface area contributed by atoms with Crippen LogP contribution in [0, 0.1) is 6.92 Å². The van der Waals surface area contributed by atoms with Crippen molar-refractivity contribution in [2.24, 2.45) is 0 Å². The van der Waals surface area contributed by atoms with Gasteiger partial charge in [-0.1, -0.05) is 43.5 Å². The number of benzene rings is 1. The van der Waals surface area contributed by atoms with E-state index in [1.54, 1.807) is 12.1 Å². The van der Waals surface area contributed by atoms with Gasteiger partial charge in [-0.15, -0.1) is 0 Å². The minimum atomic E-state index is -4.28. The van der Waals surface area contributed by atoms with Gasteiger partial charge in [0.25, 0.3) is 0 Å². The zero-order valence-corrected chi connectivity index (χ0v) is 10.6. The van der Waals surface area contributed by atoms with Crippen LogP contribution < -0.4 is 0 Å². The van der Waals surface area contributed by atoms with Crippen LogP contribution in [0.2, 0.25) is 0 Å². The van der Waals surface area contributed by atoms with Crippen LogP contribution in [-0.4, -0.2) is 0 Å². The Kier molecular flexibility index (Phi) is 5.45. The van der Waals surface area contributed by atoms with Crippen LogP contribution in [0.5, 0.6) is 0 Å². The van der Waals surface area contributed by atoms with Crippen molar-refractivity contribution in [2.75, 3.05) is 0 Å². The topological polar surface area (TPSA) is 0 Å². The molecule has 0 amide bonds. The fourth-order valence-corrected chi connectivity index (χ4v) is 1.71. The second kappa shape index (κ2) is 6.62. The Bertz CT molecular complexity index is 402. The van der Waals surface area contributed by atoms with E-state index in [9.17, 15) is 13.2 Å². The van der Waals surface area contributed by atoms with Gasteiger partial charge in [0, 0.05) is 0 Å². The number of alkyl halides is 3. The van der Waals surface area contributed by atoms with Gasteiger partial charge in [0.1, 0.15) is 0 Å². The fourth-order valence-electron chi connectivity index (χ4n) is 1.71. The van der Waals surface area contributed by atoms with E-state index in [0.29, 0.717) is 5.56 Å². The van der Waals surface area contributed by atoms with Gasteiger partial charge < -0.3 is 0 Å². The standard InChI is InChI=1S/C15H18F3/c1-3-4-5-7-12(2)10-13-8-6-9-14(11-13)15(16,17)18/h6,8-11H,2-5,7H2,1H3/b12-10+. The molecule has 1 aromatic carbocycles. The van der Waals surface area contributed by atoms with E-state index in [1.165, 1.54) is 6.07 Å². The molecule has 0 spiro atoms. The molecule has 99 valence electrons. The monoisotopic (exact) mass is 255 g/mol. The van der Waals surface area contributed by atoms with Gasteiger partial charge in [-0.2, -0.15) is 13.2 Å². The molecule has 0 heterocycles. The summed E-state index contributed by atoms with van der Waals surface area (Å²) in [6.07, 6.45) is 1.56. The van der Waals surface area contributed by atoms with E-state index in [-0.39, 0.29) is 0 Å². The number of allylic oxidation sites excluding steroid dienone is 1. The highest BCUT2D eigenvalue weighted by Crippen LogP contribution is 2.30. The molecule has 1 rings (SSSR count). The lowest BCUT2D eigenvalue weighted by atomic mass is 10.0. The summed E-state index contributed by atoms with van der Waals surface area (Å²) in [6.45, 7) is 5.99. The Labute approximate surface area is 107 Å². The predicted molar refractivity (Wildman–Crippen MR) is 68.9 cm³/mol. The molecule has 1 aromatic rings. The van der Waals surface area contributed by atoms with Crippen molar-refractivity contribution in [1.29, 1.82) is 0 Å². The highest BCUT2D eigenvalue weighted by atomic mass is 19.4. The molecule has 0 fully saturated rings. The van der Waals surface area contributed by atoms with Crippen molar-refractivity contribution in [3.63, 3.8) is 0 Å². The maximum Gasteiger partial charge on any atom is 0.416 e. The molecular weight excluding hydrogens is 237 g/mol. The maximum absolute atomic E-state index is 12.5. The first-order valence-electron chi connectivity index (χ1n) is 6.13. The second-order valence-electron chi connectivity index (χ2n) is 4.38. The molecule has 3 heteroatoms. The van der Waals surface area contributed by atoms with Crippen LogP contribution in [0.3, 0.4) is 0 Å². The van der Waals surface area contributed by atoms with E-state index in [0.717, 1.165) is 43.4 Å². The zero-order valence-electron chi connectivity index (χ0n) is 10.6. The van der Waals surface area contributed by atoms with Crippen LogP contribution in [-0.2, 0) is 6.18 Å². The molecule has 0 saturated heterocycles. The molecule has 18 heavy (non-hydrogen) atoms. The summed E-state index contributed by atoms with van der Waals surface area (Å²) in [4.78, 5) is 0. The van der Waals surface area contributed by atoms with Crippen molar-refractivity contribution in [3.05, 3.63) is 47.9 Å². The van der Waals surface area contributed by atoms with Crippen molar-refractivity contribution in [3.8, 4) is 0 Å². The molecule has 0 aliphatic rings. The normalized spacial score (nSPS) is 12.8. The summed E-state index contributed by atoms with van der Waals surface area (Å²) in [6, 6.07) is 5.33. The first-order chi connectivity index (χ1) is 8.43. The van der Waals surface area contributed by atoms with E-state index < -0.39 is 11.7 Å². The summed E-state index contributed by atoms with van der Waals surface area (Å²) < 4.78 is 37.6. The smallest absolute Gasteiger partial charge is 0.166 e. The van der Waals surface area contributed by atoms with E-state index >= 15 is 0 Å². The van der Waals surface area contributed by atoms with Crippen molar-refractivity contribution in [1.82, 2.24) is 0 Å². The number of unbranched alkanes of at least 4 members (excludes halogenated alkanes) is 2. The second-order valence-corrected chi connectivity index (χ2v) is 4.38. The molecule has 0 N–H and O–H groups in total. The first kappa shape index (κ1) is 14.8. The Morgan fingerprint density at radius 2 is 2.00 bits per heavy atom. The number of halogens is 3. The number of rotatable bonds is 5. The predicted octanol–water partition coefficient (Wildman–Crippen LogP) is 5.50. The van der Waals surface area contributed by atoms with Crippen LogP contribution in [0.25, 0.3) is 6.08 Å². The molecule has 0 unspecified atom stereocenters. The van der Waals surface area contributed by atoms with Gasteiger partial charge in [-0.25, -0.2) is 0 Å². The average Bonchev–Trinajstić information content (AvgIpc) is 2.28. The van der Waals surface area contributed by atoms with Crippen LogP contribution in [0.15, 0.2) is 29.8 Å². The third-order valence-corrected chi connectivity index (χ3v) is 2.69. The Morgan fingerprint density at radius 3 is 2.61 bits per heavy atom. The van der Waals surface area contributed by atoms with Crippen molar-refractivity contribution >= 4 is 6.08 Å².